The Bertz CT molecular complexity index is 674. The Labute approximate surface area is 150 Å². The van der Waals surface area contributed by atoms with Crippen LogP contribution in [0.3, 0.4) is 0 Å². The van der Waals surface area contributed by atoms with Crippen molar-refractivity contribution in [1.29, 1.82) is 0 Å². The maximum absolute atomic E-state index is 12.1. The van der Waals surface area contributed by atoms with Crippen molar-refractivity contribution >= 4 is 28.7 Å². The highest BCUT2D eigenvalue weighted by Crippen LogP contribution is 2.23. The number of benzene rings is 1. The summed E-state index contributed by atoms with van der Waals surface area (Å²) in [4.78, 5) is 21.4. The van der Waals surface area contributed by atoms with Gasteiger partial charge in [0.25, 0.3) is 0 Å². The third-order valence-corrected chi connectivity index (χ3v) is 4.11. The molecule has 0 unspecified atom stereocenters. The first-order valence-corrected chi connectivity index (χ1v) is 8.52. The molecule has 6 heteroatoms. The summed E-state index contributed by atoms with van der Waals surface area (Å²) < 4.78 is 6.57. The minimum Gasteiger partial charge on any atom is -0.444 e. The molecule has 2 rings (SSSR count). The number of rotatable bonds is 3. The van der Waals surface area contributed by atoms with Gasteiger partial charge in [-0.1, -0.05) is 12.1 Å². The zero-order valence-corrected chi connectivity index (χ0v) is 16.2. The number of carbonyl (C=O) groups is 1. The molecule has 0 fully saturated rings. The summed E-state index contributed by atoms with van der Waals surface area (Å²) in [6.07, 6.45) is 1.49. The minimum atomic E-state index is -0.513. The summed E-state index contributed by atoms with van der Waals surface area (Å²) in [6.45, 7) is 7.47. The van der Waals surface area contributed by atoms with E-state index in [1.54, 1.807) is 11.9 Å². The van der Waals surface area contributed by atoms with Crippen LogP contribution in [-0.2, 0) is 4.74 Å². The Kier molecular flexibility index (Phi) is 5.33. The van der Waals surface area contributed by atoms with Crippen LogP contribution in [0.1, 0.15) is 39.6 Å². The first kappa shape index (κ1) is 17.8. The molecule has 1 aromatic heterocycles. The second-order valence-corrected chi connectivity index (χ2v) is 7.69. The smallest absolute Gasteiger partial charge is 0.410 e. The molecule has 0 bridgehead atoms. The quantitative estimate of drug-likeness (QED) is 0.728. The van der Waals surface area contributed by atoms with Crippen molar-refractivity contribution in [2.24, 2.45) is 0 Å². The van der Waals surface area contributed by atoms with E-state index in [9.17, 15) is 4.79 Å². The van der Waals surface area contributed by atoms with Crippen LogP contribution in [-0.4, -0.2) is 33.6 Å². The zero-order chi connectivity index (χ0) is 17.2. The number of ether oxygens (including phenoxy) is 1. The monoisotopic (exact) mass is 427 g/mol. The van der Waals surface area contributed by atoms with Gasteiger partial charge in [-0.2, -0.15) is 0 Å². The van der Waals surface area contributed by atoms with E-state index in [4.69, 9.17) is 4.74 Å². The summed E-state index contributed by atoms with van der Waals surface area (Å²) in [5.41, 5.74) is 1.39. The number of nitrogens with zero attached hydrogens (tertiary/aromatic N) is 2. The number of hydrogen-bond acceptors (Lipinski definition) is 3. The molecule has 1 atom stereocenters. The average molecular weight is 427 g/mol. The number of halogens is 1. The van der Waals surface area contributed by atoms with Crippen LogP contribution in [0.25, 0.3) is 11.3 Å². The number of imidazole rings is 1. The molecule has 0 aliphatic heterocycles. The fourth-order valence-electron chi connectivity index (χ4n) is 1.99. The van der Waals surface area contributed by atoms with Gasteiger partial charge in [-0.3, -0.25) is 0 Å². The van der Waals surface area contributed by atoms with Gasteiger partial charge in [0, 0.05) is 22.4 Å². The second-order valence-electron chi connectivity index (χ2n) is 6.45. The Morgan fingerprint density at radius 3 is 2.48 bits per heavy atom. The zero-order valence-electron chi connectivity index (χ0n) is 14.1. The number of aromatic nitrogens is 2. The summed E-state index contributed by atoms with van der Waals surface area (Å²) in [6, 6.07) is 7.94. The second kappa shape index (κ2) is 6.90. The number of H-pyrrole nitrogens is 1. The Morgan fingerprint density at radius 2 is 1.91 bits per heavy atom. The van der Waals surface area contributed by atoms with Gasteiger partial charge < -0.3 is 14.6 Å². The lowest BCUT2D eigenvalue weighted by molar-refractivity contribution is 0.0228. The van der Waals surface area contributed by atoms with Crippen molar-refractivity contribution in [3.63, 3.8) is 0 Å². The number of carbonyl (C=O) groups excluding carboxylic acids is 1. The summed E-state index contributed by atoms with van der Waals surface area (Å²) >= 11 is 2.27. The van der Waals surface area contributed by atoms with Gasteiger partial charge in [-0.05, 0) is 62.4 Å². The molecule has 0 aliphatic rings. The first-order valence-electron chi connectivity index (χ1n) is 7.44. The van der Waals surface area contributed by atoms with Crippen LogP contribution in [0, 0.1) is 3.57 Å². The fraction of sp³-hybridized carbons (Fsp3) is 0.412. The maximum Gasteiger partial charge on any atom is 0.410 e. The molecule has 1 N–H and O–H groups in total. The van der Waals surface area contributed by atoms with E-state index in [1.807, 2.05) is 58.2 Å². The van der Waals surface area contributed by atoms with Gasteiger partial charge in [0.05, 0.1) is 11.7 Å². The topological polar surface area (TPSA) is 58.2 Å². The predicted molar refractivity (Wildman–Crippen MR) is 99.2 cm³/mol. The third-order valence-electron chi connectivity index (χ3n) is 3.40. The summed E-state index contributed by atoms with van der Waals surface area (Å²) in [5.74, 6) is 0.729. The Hall–Kier alpha value is -1.57. The van der Waals surface area contributed by atoms with E-state index in [1.165, 1.54) is 3.57 Å². The summed E-state index contributed by atoms with van der Waals surface area (Å²) in [5, 5.41) is 0. The molecule has 0 spiro atoms. The number of hydrogen-bond donors (Lipinski definition) is 1. The van der Waals surface area contributed by atoms with Crippen molar-refractivity contribution in [2.75, 3.05) is 7.05 Å². The van der Waals surface area contributed by atoms with Gasteiger partial charge in [0.1, 0.15) is 11.4 Å². The highest BCUT2D eigenvalue weighted by molar-refractivity contribution is 14.1. The standard InChI is InChI=1S/C17H22IN3O2/c1-11(21(5)16(22)23-17(2,3)4)15-19-10-14(20-15)12-6-8-13(18)9-7-12/h6-11H,1-5H3,(H,19,20)/t11-/m0/s1. The van der Waals surface area contributed by atoms with E-state index in [0.717, 1.165) is 17.1 Å². The van der Waals surface area contributed by atoms with Crippen LogP contribution in [0.15, 0.2) is 30.5 Å². The van der Waals surface area contributed by atoms with Crippen LogP contribution in [0.4, 0.5) is 4.79 Å². The maximum atomic E-state index is 12.1. The molecule has 124 valence electrons. The normalized spacial score (nSPS) is 12.8. The van der Waals surface area contributed by atoms with Crippen molar-refractivity contribution in [3.05, 3.63) is 39.9 Å². The van der Waals surface area contributed by atoms with Gasteiger partial charge in [0.2, 0.25) is 0 Å². The largest absolute Gasteiger partial charge is 0.444 e. The Morgan fingerprint density at radius 1 is 1.30 bits per heavy atom. The number of aromatic amines is 1. The first-order chi connectivity index (χ1) is 10.7. The highest BCUT2D eigenvalue weighted by Gasteiger charge is 2.25. The molecule has 2 aromatic rings. The third kappa shape index (κ3) is 4.70. The van der Waals surface area contributed by atoms with Crippen molar-refractivity contribution < 1.29 is 9.53 Å². The van der Waals surface area contributed by atoms with Gasteiger partial charge in [-0.15, -0.1) is 0 Å². The minimum absolute atomic E-state index is 0.206. The molecule has 0 saturated carbocycles. The lowest BCUT2D eigenvalue weighted by atomic mass is 10.2. The van der Waals surface area contributed by atoms with Gasteiger partial charge in [-0.25, -0.2) is 9.78 Å². The molecule has 1 heterocycles. The van der Waals surface area contributed by atoms with Crippen LogP contribution < -0.4 is 0 Å². The number of amides is 1. The van der Waals surface area contributed by atoms with Crippen molar-refractivity contribution in [1.82, 2.24) is 14.9 Å². The van der Waals surface area contributed by atoms with Gasteiger partial charge in [0.15, 0.2) is 0 Å². The molecular weight excluding hydrogens is 405 g/mol. The lowest BCUT2D eigenvalue weighted by Crippen LogP contribution is -2.36. The van der Waals surface area contributed by atoms with E-state index in [0.29, 0.717) is 0 Å². The van der Waals surface area contributed by atoms with E-state index in [2.05, 4.69) is 32.6 Å². The van der Waals surface area contributed by atoms with Crippen LogP contribution >= 0.6 is 22.6 Å². The molecule has 0 aliphatic carbocycles. The predicted octanol–water partition coefficient (Wildman–Crippen LogP) is 4.61. The average Bonchev–Trinajstić information content (AvgIpc) is 2.94. The van der Waals surface area contributed by atoms with Crippen molar-refractivity contribution in [2.45, 2.75) is 39.3 Å². The summed E-state index contributed by atoms with van der Waals surface area (Å²) in [7, 11) is 1.71. The van der Waals surface area contributed by atoms with Crippen LogP contribution in [0.5, 0.6) is 0 Å². The SMILES string of the molecule is C[C@@H](c1nc(-c2ccc(I)cc2)c[nH]1)N(C)C(=O)OC(C)(C)C. The van der Waals surface area contributed by atoms with E-state index in [-0.39, 0.29) is 12.1 Å². The molecule has 1 amide bonds. The molecule has 0 radical (unpaired) electrons. The van der Waals surface area contributed by atoms with Gasteiger partial charge >= 0.3 is 6.09 Å². The van der Waals surface area contributed by atoms with E-state index < -0.39 is 5.60 Å². The lowest BCUT2D eigenvalue weighted by Gasteiger charge is -2.27. The highest BCUT2D eigenvalue weighted by atomic mass is 127. The molecule has 1 aromatic carbocycles. The van der Waals surface area contributed by atoms with Crippen LogP contribution in [0.2, 0.25) is 0 Å². The molecule has 5 nitrogen and oxygen atoms in total. The van der Waals surface area contributed by atoms with Crippen molar-refractivity contribution in [3.8, 4) is 11.3 Å². The molecule has 0 saturated heterocycles. The molecule has 23 heavy (non-hydrogen) atoms. The number of nitrogens with one attached hydrogen (secondary N) is 1. The Balaban J connectivity index is 2.13. The van der Waals surface area contributed by atoms with E-state index >= 15 is 0 Å². The molecular formula is C17H22IN3O2. The fourth-order valence-corrected chi connectivity index (χ4v) is 2.35.